The number of imide groups is 1. The molecule has 1 N–H and O–H groups in total. The van der Waals surface area contributed by atoms with Crippen molar-refractivity contribution in [2.75, 3.05) is 27.9 Å². The third-order valence-corrected chi connectivity index (χ3v) is 5.60. The van der Waals surface area contributed by atoms with Crippen LogP contribution in [0.1, 0.15) is 34.8 Å². The summed E-state index contributed by atoms with van der Waals surface area (Å²) in [6.45, 7) is 3.28. The maximum atomic E-state index is 13.4. The van der Waals surface area contributed by atoms with Gasteiger partial charge in [0.15, 0.2) is 5.78 Å². The number of ketones is 1. The third kappa shape index (κ3) is 3.81. The number of ether oxygens (including phenoxy) is 3. The summed E-state index contributed by atoms with van der Waals surface area (Å²) < 4.78 is 15.7. The number of benzene rings is 2. The van der Waals surface area contributed by atoms with Crippen molar-refractivity contribution in [1.82, 2.24) is 10.2 Å². The number of hydrogen-bond donors (Lipinski definition) is 1. The van der Waals surface area contributed by atoms with E-state index in [1.54, 1.807) is 37.4 Å². The van der Waals surface area contributed by atoms with Gasteiger partial charge >= 0.3 is 6.03 Å². The van der Waals surface area contributed by atoms with Gasteiger partial charge in [0.05, 0.1) is 33.4 Å². The van der Waals surface area contributed by atoms with E-state index in [1.165, 1.54) is 14.2 Å². The maximum absolute atomic E-state index is 13.4. The summed E-state index contributed by atoms with van der Waals surface area (Å²) in [5, 5.41) is 2.79. The van der Waals surface area contributed by atoms with E-state index in [1.807, 2.05) is 19.9 Å². The molecule has 8 heteroatoms. The van der Waals surface area contributed by atoms with Crippen LogP contribution in [0.5, 0.6) is 17.2 Å². The number of urea groups is 1. The van der Waals surface area contributed by atoms with Gasteiger partial charge in [-0.05, 0) is 48.7 Å². The molecule has 0 bridgehead atoms. The van der Waals surface area contributed by atoms with Crippen molar-refractivity contribution >= 4 is 17.7 Å². The third-order valence-electron chi connectivity index (χ3n) is 5.60. The van der Waals surface area contributed by atoms with Crippen LogP contribution in [0.15, 0.2) is 36.4 Å². The summed E-state index contributed by atoms with van der Waals surface area (Å²) in [5.41, 5.74) is 0.507. The molecule has 1 atom stereocenters. The van der Waals surface area contributed by atoms with E-state index >= 15 is 0 Å². The lowest BCUT2D eigenvalue weighted by atomic mass is 9.86. The summed E-state index contributed by atoms with van der Waals surface area (Å²) in [7, 11) is 4.52. The molecule has 164 valence electrons. The lowest BCUT2D eigenvalue weighted by molar-refractivity contribution is -0.131. The van der Waals surface area contributed by atoms with Crippen LogP contribution in [0.3, 0.4) is 0 Å². The van der Waals surface area contributed by atoms with Crippen molar-refractivity contribution in [2.24, 2.45) is 0 Å². The van der Waals surface area contributed by atoms with Crippen molar-refractivity contribution in [3.05, 3.63) is 53.1 Å². The second-order valence-corrected chi connectivity index (χ2v) is 7.25. The largest absolute Gasteiger partial charge is 0.497 e. The summed E-state index contributed by atoms with van der Waals surface area (Å²) in [5.74, 6) is 0.642. The molecular weight excluding hydrogens is 400 g/mol. The summed E-state index contributed by atoms with van der Waals surface area (Å²) in [6.07, 6.45) is 0.333. The van der Waals surface area contributed by atoms with Crippen LogP contribution < -0.4 is 19.5 Å². The zero-order valence-electron chi connectivity index (χ0n) is 18.3. The first-order valence-electron chi connectivity index (χ1n) is 9.85. The van der Waals surface area contributed by atoms with Gasteiger partial charge < -0.3 is 19.5 Å². The van der Waals surface area contributed by atoms with E-state index in [9.17, 15) is 14.4 Å². The molecule has 2 aromatic carbocycles. The second kappa shape index (κ2) is 8.67. The molecule has 1 fully saturated rings. The maximum Gasteiger partial charge on any atom is 0.325 e. The van der Waals surface area contributed by atoms with E-state index in [0.29, 0.717) is 29.2 Å². The highest BCUT2D eigenvalue weighted by Gasteiger charge is 2.51. The molecule has 2 aromatic rings. The highest BCUT2D eigenvalue weighted by atomic mass is 16.5. The average Bonchev–Trinajstić information content (AvgIpc) is 3.03. The minimum Gasteiger partial charge on any atom is -0.497 e. The van der Waals surface area contributed by atoms with Crippen molar-refractivity contribution < 1.29 is 28.6 Å². The summed E-state index contributed by atoms with van der Waals surface area (Å²) in [6, 6.07) is 9.48. The number of rotatable bonds is 8. The van der Waals surface area contributed by atoms with Gasteiger partial charge in [-0.2, -0.15) is 0 Å². The topological polar surface area (TPSA) is 94.2 Å². The van der Waals surface area contributed by atoms with Gasteiger partial charge in [-0.1, -0.05) is 13.0 Å². The van der Waals surface area contributed by atoms with Gasteiger partial charge in [-0.3, -0.25) is 14.5 Å². The van der Waals surface area contributed by atoms with Gasteiger partial charge in [0, 0.05) is 6.07 Å². The second-order valence-electron chi connectivity index (χ2n) is 7.25. The number of nitrogens with zero attached hydrogens (tertiary/aromatic N) is 1. The minimum atomic E-state index is -1.24. The molecule has 1 aliphatic rings. The molecule has 1 aliphatic heterocycles. The van der Waals surface area contributed by atoms with Crippen molar-refractivity contribution in [3.63, 3.8) is 0 Å². The van der Waals surface area contributed by atoms with Crippen LogP contribution in [0.2, 0.25) is 0 Å². The predicted octanol–water partition coefficient (Wildman–Crippen LogP) is 3.06. The molecule has 8 nitrogen and oxygen atoms in total. The van der Waals surface area contributed by atoms with E-state index in [0.717, 1.165) is 10.5 Å². The molecule has 1 saturated heterocycles. The highest BCUT2D eigenvalue weighted by molar-refractivity contribution is 6.12. The lowest BCUT2D eigenvalue weighted by Crippen LogP contribution is -2.44. The number of Topliss-reactive ketones (excluding diaryl/α,β-unsaturated/α-hetero) is 1. The van der Waals surface area contributed by atoms with Crippen LogP contribution in [0, 0.1) is 6.92 Å². The number of hydrogen-bond acceptors (Lipinski definition) is 6. The molecule has 0 saturated carbocycles. The molecule has 1 unspecified atom stereocenters. The van der Waals surface area contributed by atoms with E-state index in [-0.39, 0.29) is 5.56 Å². The Kier molecular flexibility index (Phi) is 6.19. The van der Waals surface area contributed by atoms with Crippen LogP contribution in [-0.4, -0.2) is 50.5 Å². The van der Waals surface area contributed by atoms with Gasteiger partial charge in [0.2, 0.25) is 0 Å². The zero-order chi connectivity index (χ0) is 22.8. The van der Waals surface area contributed by atoms with E-state index < -0.39 is 29.8 Å². The standard InChI is InChI=1S/C23H26N2O6/c1-6-23(15-7-10-19(30-4)14(2)11-15)21(27)25(22(28)24-23)13-18(26)17-9-8-16(29-3)12-20(17)31-5/h7-12H,6,13H2,1-5H3,(H,24,28). The first-order valence-corrected chi connectivity index (χ1v) is 9.85. The Morgan fingerprint density at radius 3 is 2.29 bits per heavy atom. The van der Waals surface area contributed by atoms with Crippen LogP contribution >= 0.6 is 0 Å². The number of amides is 3. The molecule has 0 aromatic heterocycles. The fourth-order valence-corrected chi connectivity index (χ4v) is 3.81. The lowest BCUT2D eigenvalue weighted by Gasteiger charge is -2.26. The smallest absolute Gasteiger partial charge is 0.325 e. The molecule has 0 aliphatic carbocycles. The van der Waals surface area contributed by atoms with Crippen molar-refractivity contribution in [2.45, 2.75) is 25.8 Å². The normalized spacial score (nSPS) is 18.0. The molecule has 3 amide bonds. The molecular formula is C23H26N2O6. The molecule has 0 spiro atoms. The number of carbonyl (C=O) groups is 3. The van der Waals surface area contributed by atoms with Crippen molar-refractivity contribution in [3.8, 4) is 17.2 Å². The SMILES string of the molecule is CCC1(c2ccc(OC)c(C)c2)NC(=O)N(CC(=O)c2ccc(OC)cc2OC)C1=O. The van der Waals surface area contributed by atoms with E-state index in [4.69, 9.17) is 14.2 Å². The monoisotopic (exact) mass is 426 g/mol. The number of aryl methyl sites for hydroxylation is 1. The zero-order valence-corrected chi connectivity index (χ0v) is 18.3. The minimum absolute atomic E-state index is 0.262. The van der Waals surface area contributed by atoms with Gasteiger partial charge in [-0.15, -0.1) is 0 Å². The Bertz CT molecular complexity index is 1030. The van der Waals surface area contributed by atoms with Crippen LogP contribution in [-0.2, 0) is 10.3 Å². The Labute approximate surface area is 181 Å². The summed E-state index contributed by atoms with van der Waals surface area (Å²) in [4.78, 5) is 40.0. The fourth-order valence-electron chi connectivity index (χ4n) is 3.81. The number of nitrogens with one attached hydrogen (secondary N) is 1. The molecule has 0 radical (unpaired) electrons. The Balaban J connectivity index is 1.90. The quantitative estimate of drug-likeness (QED) is 0.515. The predicted molar refractivity (Wildman–Crippen MR) is 114 cm³/mol. The number of methoxy groups -OCH3 is 3. The Morgan fingerprint density at radius 2 is 1.71 bits per heavy atom. The molecule has 3 rings (SSSR count). The Hall–Kier alpha value is -3.55. The average molecular weight is 426 g/mol. The first-order chi connectivity index (χ1) is 14.8. The summed E-state index contributed by atoms with van der Waals surface area (Å²) >= 11 is 0. The molecule has 1 heterocycles. The van der Waals surface area contributed by atoms with Gasteiger partial charge in [0.1, 0.15) is 22.8 Å². The van der Waals surface area contributed by atoms with Crippen LogP contribution in [0.25, 0.3) is 0 Å². The Morgan fingerprint density at radius 1 is 1.00 bits per heavy atom. The van der Waals surface area contributed by atoms with Crippen LogP contribution in [0.4, 0.5) is 4.79 Å². The van der Waals surface area contributed by atoms with Gasteiger partial charge in [0.25, 0.3) is 5.91 Å². The first kappa shape index (κ1) is 22.1. The fraction of sp³-hybridized carbons (Fsp3) is 0.348. The van der Waals surface area contributed by atoms with E-state index in [2.05, 4.69) is 5.32 Å². The van der Waals surface area contributed by atoms with Crippen molar-refractivity contribution in [1.29, 1.82) is 0 Å². The number of carbonyl (C=O) groups excluding carboxylic acids is 3. The van der Waals surface area contributed by atoms with Gasteiger partial charge in [-0.25, -0.2) is 4.79 Å². The molecule has 31 heavy (non-hydrogen) atoms. The highest BCUT2D eigenvalue weighted by Crippen LogP contribution is 2.35.